The summed E-state index contributed by atoms with van der Waals surface area (Å²) in [7, 11) is -3.70. The summed E-state index contributed by atoms with van der Waals surface area (Å²) in [6.07, 6.45) is 3.68. The van der Waals surface area contributed by atoms with Crippen molar-refractivity contribution in [3.05, 3.63) is 70.2 Å². The number of nitrogens with one attached hydrogen (secondary N) is 1. The Hall–Kier alpha value is -2.51. The molecule has 1 amide bonds. The van der Waals surface area contributed by atoms with E-state index in [9.17, 15) is 13.2 Å². The number of nitrogens with zero attached hydrogens (tertiary/aromatic N) is 1. The van der Waals surface area contributed by atoms with Crippen LogP contribution in [0.3, 0.4) is 0 Å². The van der Waals surface area contributed by atoms with Gasteiger partial charge in [-0.1, -0.05) is 23.8 Å². The second kappa shape index (κ2) is 6.34. The van der Waals surface area contributed by atoms with Gasteiger partial charge >= 0.3 is 0 Å². The normalized spacial score (nSPS) is 16.8. The number of rotatable bonds is 3. The van der Waals surface area contributed by atoms with E-state index in [-0.39, 0.29) is 28.0 Å². The zero-order valence-corrected chi connectivity index (χ0v) is 15.6. The fourth-order valence-corrected chi connectivity index (χ4v) is 6.01. The Morgan fingerprint density at radius 2 is 1.96 bits per heavy atom. The topological polar surface area (TPSA) is 76.1 Å². The highest BCUT2D eigenvalue weighted by Gasteiger charge is 2.34. The molecule has 1 atom stereocenters. The van der Waals surface area contributed by atoms with Crippen LogP contribution in [0.1, 0.15) is 28.3 Å². The third-order valence-corrected chi connectivity index (χ3v) is 7.50. The highest BCUT2D eigenvalue weighted by molar-refractivity contribution is 7.91. The van der Waals surface area contributed by atoms with E-state index in [1.54, 1.807) is 42.0 Å². The quantitative estimate of drug-likeness (QED) is 0.746. The van der Waals surface area contributed by atoms with Crippen LogP contribution in [0, 0.1) is 6.92 Å². The summed E-state index contributed by atoms with van der Waals surface area (Å²) in [5, 5.41) is 4.39. The Balaban J connectivity index is 1.83. The van der Waals surface area contributed by atoms with Crippen molar-refractivity contribution in [3.8, 4) is 0 Å². The predicted octanol–water partition coefficient (Wildman–Crippen LogP) is 3.76. The van der Waals surface area contributed by atoms with E-state index in [1.807, 2.05) is 19.1 Å². The Morgan fingerprint density at radius 1 is 1.19 bits per heavy atom. The van der Waals surface area contributed by atoms with Crippen molar-refractivity contribution >= 4 is 32.8 Å². The lowest BCUT2D eigenvalue weighted by Crippen LogP contribution is -2.23. The number of aryl methyl sites for hydroxylation is 1. The second-order valence-electron chi connectivity index (χ2n) is 6.25. The first kappa shape index (κ1) is 16.9. The summed E-state index contributed by atoms with van der Waals surface area (Å²) >= 11 is 1.36. The molecule has 4 rings (SSSR count). The zero-order chi connectivity index (χ0) is 18.3. The SMILES string of the molecule is Cc1ccc(S(=O)(=O)c2csc3c2NC(=O)CC3c2cccnc2)cc1. The number of hydrogen-bond donors (Lipinski definition) is 1. The summed E-state index contributed by atoms with van der Waals surface area (Å²) in [5.41, 5.74) is 2.30. The molecule has 1 unspecified atom stereocenters. The molecule has 1 aliphatic heterocycles. The van der Waals surface area contributed by atoms with Gasteiger partial charge in [-0.15, -0.1) is 11.3 Å². The monoisotopic (exact) mass is 384 g/mol. The molecule has 0 aliphatic carbocycles. The first-order valence-corrected chi connectivity index (χ1v) is 10.5. The molecule has 0 saturated heterocycles. The molecular formula is C19H16N2O3S2. The molecule has 26 heavy (non-hydrogen) atoms. The van der Waals surface area contributed by atoms with Gasteiger partial charge in [0, 0.05) is 35.0 Å². The van der Waals surface area contributed by atoms with Crippen LogP contribution in [0.15, 0.2) is 64.0 Å². The van der Waals surface area contributed by atoms with E-state index in [0.29, 0.717) is 5.69 Å². The van der Waals surface area contributed by atoms with Gasteiger partial charge in [0.15, 0.2) is 0 Å². The van der Waals surface area contributed by atoms with Gasteiger partial charge in [0.2, 0.25) is 15.7 Å². The van der Waals surface area contributed by atoms with Gasteiger partial charge in [-0.2, -0.15) is 0 Å². The number of carbonyl (C=O) groups is 1. The van der Waals surface area contributed by atoms with Crippen LogP contribution >= 0.6 is 11.3 Å². The van der Waals surface area contributed by atoms with Crippen molar-refractivity contribution < 1.29 is 13.2 Å². The molecular weight excluding hydrogens is 368 g/mol. The Kier molecular flexibility index (Phi) is 4.13. The Labute approximate surface area is 155 Å². The number of anilines is 1. The van der Waals surface area contributed by atoms with Crippen molar-refractivity contribution in [1.82, 2.24) is 4.98 Å². The first-order chi connectivity index (χ1) is 12.5. The van der Waals surface area contributed by atoms with Crippen LogP contribution in [-0.2, 0) is 14.6 Å². The van der Waals surface area contributed by atoms with Crippen LogP contribution in [0.2, 0.25) is 0 Å². The number of aromatic nitrogens is 1. The smallest absolute Gasteiger partial charge is 0.225 e. The Morgan fingerprint density at radius 3 is 2.65 bits per heavy atom. The van der Waals surface area contributed by atoms with Crippen molar-refractivity contribution in [3.63, 3.8) is 0 Å². The fraction of sp³-hybridized carbons (Fsp3) is 0.158. The zero-order valence-electron chi connectivity index (χ0n) is 14.0. The number of amides is 1. The van der Waals surface area contributed by atoms with Crippen LogP contribution in [0.25, 0.3) is 0 Å². The summed E-state index contributed by atoms with van der Waals surface area (Å²) in [5.74, 6) is -0.371. The minimum atomic E-state index is -3.70. The van der Waals surface area contributed by atoms with Crippen LogP contribution in [0.4, 0.5) is 5.69 Å². The third-order valence-electron chi connectivity index (χ3n) is 4.46. The lowest BCUT2D eigenvalue weighted by atomic mass is 9.92. The number of fused-ring (bicyclic) bond motifs is 1. The molecule has 0 saturated carbocycles. The minimum absolute atomic E-state index is 0.156. The summed E-state index contributed by atoms with van der Waals surface area (Å²) in [4.78, 5) is 17.6. The highest BCUT2D eigenvalue weighted by atomic mass is 32.2. The molecule has 1 N–H and O–H groups in total. The maximum absolute atomic E-state index is 13.1. The van der Waals surface area contributed by atoms with Gasteiger partial charge < -0.3 is 5.32 Å². The fourth-order valence-electron chi connectivity index (χ4n) is 3.10. The van der Waals surface area contributed by atoms with Gasteiger partial charge in [0.25, 0.3) is 0 Å². The standard InChI is InChI=1S/C19H16N2O3S2/c1-12-4-6-14(7-5-12)26(23,24)16-11-25-19-15(9-17(22)21-18(16)19)13-3-2-8-20-10-13/h2-8,10-11,15H,9H2,1H3,(H,21,22). The van der Waals surface area contributed by atoms with E-state index >= 15 is 0 Å². The molecule has 7 heteroatoms. The van der Waals surface area contributed by atoms with Gasteiger partial charge in [0.05, 0.1) is 10.6 Å². The number of sulfone groups is 1. The molecule has 0 radical (unpaired) electrons. The minimum Gasteiger partial charge on any atom is -0.324 e. The Bertz CT molecular complexity index is 1070. The summed E-state index contributed by atoms with van der Waals surface area (Å²) < 4.78 is 26.1. The van der Waals surface area contributed by atoms with E-state index in [1.165, 1.54) is 11.3 Å². The average molecular weight is 384 g/mol. The largest absolute Gasteiger partial charge is 0.324 e. The molecule has 5 nitrogen and oxygen atoms in total. The van der Waals surface area contributed by atoms with E-state index in [0.717, 1.165) is 16.0 Å². The molecule has 0 spiro atoms. The highest BCUT2D eigenvalue weighted by Crippen LogP contribution is 2.45. The van der Waals surface area contributed by atoms with Gasteiger partial charge in [-0.3, -0.25) is 9.78 Å². The summed E-state index contributed by atoms with van der Waals surface area (Å²) in [6, 6.07) is 10.5. The lowest BCUT2D eigenvalue weighted by Gasteiger charge is -2.23. The number of pyridine rings is 1. The molecule has 2 aromatic heterocycles. The van der Waals surface area contributed by atoms with Crippen molar-refractivity contribution in [2.24, 2.45) is 0 Å². The van der Waals surface area contributed by atoms with Gasteiger partial charge in [0.1, 0.15) is 4.90 Å². The van der Waals surface area contributed by atoms with Crippen molar-refractivity contribution in [2.45, 2.75) is 29.1 Å². The van der Waals surface area contributed by atoms with Gasteiger partial charge in [-0.25, -0.2) is 8.42 Å². The molecule has 0 fully saturated rings. The van der Waals surface area contributed by atoms with Crippen molar-refractivity contribution in [2.75, 3.05) is 5.32 Å². The third kappa shape index (κ3) is 2.83. The molecule has 3 aromatic rings. The molecule has 1 aromatic carbocycles. The van der Waals surface area contributed by atoms with Gasteiger partial charge in [-0.05, 0) is 30.7 Å². The maximum atomic E-state index is 13.1. The number of hydrogen-bond acceptors (Lipinski definition) is 5. The van der Waals surface area contributed by atoms with E-state index in [2.05, 4.69) is 10.3 Å². The number of benzene rings is 1. The van der Waals surface area contributed by atoms with Crippen LogP contribution in [-0.4, -0.2) is 19.3 Å². The molecule has 132 valence electrons. The first-order valence-electron chi connectivity index (χ1n) is 8.10. The van der Waals surface area contributed by atoms with E-state index in [4.69, 9.17) is 0 Å². The average Bonchev–Trinajstić information content (AvgIpc) is 3.06. The second-order valence-corrected chi connectivity index (χ2v) is 9.08. The summed E-state index contributed by atoms with van der Waals surface area (Å²) in [6.45, 7) is 1.90. The number of carbonyl (C=O) groups excluding carboxylic acids is 1. The number of thiophene rings is 1. The molecule has 3 heterocycles. The maximum Gasteiger partial charge on any atom is 0.225 e. The molecule has 0 bridgehead atoms. The lowest BCUT2D eigenvalue weighted by molar-refractivity contribution is -0.116. The molecule has 1 aliphatic rings. The predicted molar refractivity (Wildman–Crippen MR) is 100 cm³/mol. The van der Waals surface area contributed by atoms with Crippen LogP contribution in [0.5, 0.6) is 0 Å². The van der Waals surface area contributed by atoms with E-state index < -0.39 is 9.84 Å². The van der Waals surface area contributed by atoms with Crippen LogP contribution < -0.4 is 5.32 Å². The van der Waals surface area contributed by atoms with Crippen molar-refractivity contribution in [1.29, 1.82) is 0 Å².